The van der Waals surface area contributed by atoms with Crippen molar-refractivity contribution in [1.29, 1.82) is 0 Å². The zero-order valence-electron chi connectivity index (χ0n) is 23.0. The van der Waals surface area contributed by atoms with E-state index >= 15 is 0 Å². The van der Waals surface area contributed by atoms with E-state index in [2.05, 4.69) is 10.2 Å². The SMILES string of the molecule is OC(CN[C@@H]1CCN(C2=NCCOc3ccc(-c4ccc(C(F)(F)F)cc4)cc32)C1)COc1cccc2ccccc12. The van der Waals surface area contributed by atoms with Gasteiger partial charge in [-0.05, 0) is 53.3 Å². The molecule has 2 N–H and O–H groups in total. The minimum absolute atomic E-state index is 0.158. The molecule has 2 atom stereocenters. The summed E-state index contributed by atoms with van der Waals surface area (Å²) in [6.45, 7) is 3.03. The average Bonchev–Trinajstić information content (AvgIpc) is 3.37. The van der Waals surface area contributed by atoms with Crippen LogP contribution < -0.4 is 14.8 Å². The number of ether oxygens (including phenoxy) is 2. The highest BCUT2D eigenvalue weighted by atomic mass is 19.4. The molecule has 1 saturated heterocycles. The third-order valence-corrected chi connectivity index (χ3v) is 7.69. The van der Waals surface area contributed by atoms with E-state index in [-0.39, 0.29) is 12.6 Å². The van der Waals surface area contributed by atoms with Gasteiger partial charge in [0, 0.05) is 31.1 Å². The third-order valence-electron chi connectivity index (χ3n) is 7.69. The van der Waals surface area contributed by atoms with Crippen LogP contribution in [0.5, 0.6) is 11.5 Å². The molecule has 1 fully saturated rings. The second-order valence-electron chi connectivity index (χ2n) is 10.6. The number of likely N-dealkylation sites (tertiary alicyclic amines) is 1. The summed E-state index contributed by atoms with van der Waals surface area (Å²) in [5, 5.41) is 16.2. The maximum Gasteiger partial charge on any atom is 0.416 e. The lowest BCUT2D eigenvalue weighted by Crippen LogP contribution is -2.40. The zero-order valence-corrected chi connectivity index (χ0v) is 23.0. The largest absolute Gasteiger partial charge is 0.491 e. The first kappa shape index (κ1) is 28.1. The van der Waals surface area contributed by atoms with Gasteiger partial charge < -0.3 is 24.8 Å². The topological polar surface area (TPSA) is 66.3 Å². The number of amidine groups is 1. The van der Waals surface area contributed by atoms with Crippen LogP contribution >= 0.6 is 0 Å². The fourth-order valence-electron chi connectivity index (χ4n) is 5.51. The molecule has 0 spiro atoms. The monoisotopic (exact) mass is 575 g/mol. The molecule has 2 aliphatic rings. The average molecular weight is 576 g/mol. The first-order valence-corrected chi connectivity index (χ1v) is 14.1. The molecule has 0 radical (unpaired) electrons. The fraction of sp³-hybridized carbons (Fsp3) is 0.303. The van der Waals surface area contributed by atoms with Crippen LogP contribution in [-0.2, 0) is 6.18 Å². The lowest BCUT2D eigenvalue weighted by atomic mass is 10.00. The van der Waals surface area contributed by atoms with Crippen molar-refractivity contribution in [3.63, 3.8) is 0 Å². The molecule has 9 heteroatoms. The number of fused-ring (bicyclic) bond motifs is 2. The van der Waals surface area contributed by atoms with Crippen molar-refractivity contribution in [3.8, 4) is 22.6 Å². The quantitative estimate of drug-likeness (QED) is 0.293. The lowest BCUT2D eigenvalue weighted by molar-refractivity contribution is -0.137. The van der Waals surface area contributed by atoms with E-state index in [0.717, 1.165) is 58.6 Å². The van der Waals surface area contributed by atoms with Gasteiger partial charge in [-0.2, -0.15) is 13.2 Å². The molecule has 1 unspecified atom stereocenters. The van der Waals surface area contributed by atoms with Gasteiger partial charge in [0.2, 0.25) is 0 Å². The molecule has 0 amide bonds. The molecule has 4 aromatic rings. The Kier molecular flexibility index (Phi) is 8.04. The molecule has 6 nitrogen and oxygen atoms in total. The summed E-state index contributed by atoms with van der Waals surface area (Å²) in [6, 6.07) is 24.9. The van der Waals surface area contributed by atoms with E-state index in [9.17, 15) is 18.3 Å². The molecule has 42 heavy (non-hydrogen) atoms. The Morgan fingerprint density at radius 3 is 2.62 bits per heavy atom. The van der Waals surface area contributed by atoms with Crippen LogP contribution in [0.25, 0.3) is 21.9 Å². The highest BCUT2D eigenvalue weighted by Crippen LogP contribution is 2.34. The Morgan fingerprint density at radius 2 is 1.79 bits per heavy atom. The number of nitrogens with zero attached hydrogens (tertiary/aromatic N) is 2. The van der Waals surface area contributed by atoms with Crippen LogP contribution in [0.4, 0.5) is 13.2 Å². The van der Waals surface area contributed by atoms with Crippen LogP contribution in [0.15, 0.2) is 89.9 Å². The molecule has 0 bridgehead atoms. The molecule has 0 aliphatic carbocycles. The molecule has 2 aliphatic heterocycles. The number of nitrogens with one attached hydrogen (secondary N) is 1. The van der Waals surface area contributed by atoms with Gasteiger partial charge in [-0.3, -0.25) is 4.99 Å². The number of hydrogen-bond acceptors (Lipinski definition) is 6. The van der Waals surface area contributed by atoms with E-state index in [1.54, 1.807) is 0 Å². The van der Waals surface area contributed by atoms with Gasteiger partial charge in [0.05, 0.1) is 17.7 Å². The summed E-state index contributed by atoms with van der Waals surface area (Å²) in [4.78, 5) is 7.03. The molecule has 0 saturated carbocycles. The third kappa shape index (κ3) is 6.22. The summed E-state index contributed by atoms with van der Waals surface area (Å²) in [5.41, 5.74) is 1.64. The number of halogens is 3. The van der Waals surface area contributed by atoms with Crippen molar-refractivity contribution in [2.45, 2.75) is 24.7 Å². The van der Waals surface area contributed by atoms with E-state index in [0.29, 0.717) is 37.6 Å². The zero-order chi connectivity index (χ0) is 29.1. The van der Waals surface area contributed by atoms with E-state index in [1.165, 1.54) is 12.1 Å². The minimum atomic E-state index is -4.37. The number of rotatable bonds is 7. The van der Waals surface area contributed by atoms with Crippen LogP contribution in [0, 0.1) is 0 Å². The minimum Gasteiger partial charge on any atom is -0.491 e. The summed E-state index contributed by atoms with van der Waals surface area (Å²) >= 11 is 0. The summed E-state index contributed by atoms with van der Waals surface area (Å²) < 4.78 is 51.0. The number of aliphatic hydroxyl groups is 1. The smallest absolute Gasteiger partial charge is 0.416 e. The van der Waals surface area contributed by atoms with Crippen LogP contribution in [-0.4, -0.2) is 67.4 Å². The van der Waals surface area contributed by atoms with Crippen molar-refractivity contribution >= 4 is 16.6 Å². The molecule has 0 aromatic heterocycles. The highest BCUT2D eigenvalue weighted by molar-refractivity contribution is 6.02. The number of aliphatic hydroxyl groups excluding tert-OH is 1. The Morgan fingerprint density at radius 1 is 1.00 bits per heavy atom. The van der Waals surface area contributed by atoms with Crippen molar-refractivity contribution in [2.24, 2.45) is 4.99 Å². The Bertz CT molecular complexity index is 1570. The first-order chi connectivity index (χ1) is 20.3. The summed E-state index contributed by atoms with van der Waals surface area (Å²) in [7, 11) is 0. The molecule has 6 rings (SSSR count). The van der Waals surface area contributed by atoms with E-state index in [4.69, 9.17) is 14.5 Å². The van der Waals surface area contributed by atoms with Crippen molar-refractivity contribution in [3.05, 3.63) is 96.1 Å². The maximum atomic E-state index is 13.0. The number of hydrogen-bond donors (Lipinski definition) is 2. The predicted molar refractivity (Wildman–Crippen MR) is 157 cm³/mol. The second kappa shape index (κ2) is 12.0. The maximum absolute atomic E-state index is 13.0. The normalized spacial score (nSPS) is 17.8. The number of benzene rings is 4. The van der Waals surface area contributed by atoms with Crippen molar-refractivity contribution in [1.82, 2.24) is 10.2 Å². The highest BCUT2D eigenvalue weighted by Gasteiger charge is 2.31. The van der Waals surface area contributed by atoms with E-state index in [1.807, 2.05) is 60.7 Å². The molecule has 218 valence electrons. The summed E-state index contributed by atoms with van der Waals surface area (Å²) in [5.74, 6) is 2.28. The Labute approximate surface area is 242 Å². The van der Waals surface area contributed by atoms with Crippen LogP contribution in [0.1, 0.15) is 17.5 Å². The first-order valence-electron chi connectivity index (χ1n) is 14.1. The second-order valence-corrected chi connectivity index (χ2v) is 10.6. The van der Waals surface area contributed by atoms with Gasteiger partial charge in [-0.1, -0.05) is 54.6 Å². The molecule has 4 aromatic carbocycles. The van der Waals surface area contributed by atoms with Gasteiger partial charge in [0.1, 0.15) is 36.7 Å². The predicted octanol–water partition coefficient (Wildman–Crippen LogP) is 5.77. The van der Waals surface area contributed by atoms with Gasteiger partial charge in [0.25, 0.3) is 0 Å². The van der Waals surface area contributed by atoms with Crippen molar-refractivity contribution < 1.29 is 27.8 Å². The van der Waals surface area contributed by atoms with Crippen LogP contribution in [0.3, 0.4) is 0 Å². The Balaban J connectivity index is 1.08. The molecule has 2 heterocycles. The van der Waals surface area contributed by atoms with Gasteiger partial charge >= 0.3 is 6.18 Å². The van der Waals surface area contributed by atoms with Gasteiger partial charge in [0.15, 0.2) is 0 Å². The lowest BCUT2D eigenvalue weighted by Gasteiger charge is -2.23. The standard InChI is InChI=1S/C33H32F3N3O3/c34-33(35,36)25-11-8-22(9-12-25)24-10-13-31-29(18-24)32(37-15-17-41-31)39-16-14-26(20-39)38-19-27(40)21-42-30-7-3-5-23-4-1-2-6-28(23)30/h1-13,18,26-27,38,40H,14-17,19-21H2/t26-,27?/m1/s1. The van der Waals surface area contributed by atoms with Gasteiger partial charge in [-0.25, -0.2) is 0 Å². The van der Waals surface area contributed by atoms with Crippen molar-refractivity contribution in [2.75, 3.05) is 39.4 Å². The summed E-state index contributed by atoms with van der Waals surface area (Å²) in [6.07, 6.45) is -4.17. The van der Waals surface area contributed by atoms with E-state index < -0.39 is 17.8 Å². The Hall–Kier alpha value is -4.08. The number of aliphatic imine (C=N–C) groups is 1. The van der Waals surface area contributed by atoms with Crippen LogP contribution in [0.2, 0.25) is 0 Å². The number of alkyl halides is 3. The fourth-order valence-corrected chi connectivity index (χ4v) is 5.51. The van der Waals surface area contributed by atoms with Gasteiger partial charge in [-0.15, -0.1) is 0 Å². The molecular weight excluding hydrogens is 543 g/mol. The molecular formula is C33H32F3N3O3.